The molecule has 1 aromatic rings. The van der Waals surface area contributed by atoms with Gasteiger partial charge in [-0.05, 0) is 11.4 Å². The SMILES string of the molecule is C#Cc1ccsc1Cl. The molecule has 1 heterocycles. The second-order valence-corrected chi connectivity index (χ2v) is 2.77. The van der Waals surface area contributed by atoms with Crippen molar-refractivity contribution in [3.8, 4) is 12.3 Å². The standard InChI is InChI=1S/C6H3ClS/c1-2-5-3-4-8-6(5)7/h1,3-4H. The van der Waals surface area contributed by atoms with E-state index in [9.17, 15) is 0 Å². The first kappa shape index (κ1) is 5.68. The highest BCUT2D eigenvalue weighted by Crippen LogP contribution is 2.20. The molecule has 8 heavy (non-hydrogen) atoms. The first-order chi connectivity index (χ1) is 3.84. The number of hydrogen-bond donors (Lipinski definition) is 0. The Balaban J connectivity index is 3.15. The van der Waals surface area contributed by atoms with Gasteiger partial charge in [-0.3, -0.25) is 0 Å². The van der Waals surface area contributed by atoms with Gasteiger partial charge in [0.2, 0.25) is 0 Å². The highest BCUT2D eigenvalue weighted by atomic mass is 35.5. The number of halogens is 1. The van der Waals surface area contributed by atoms with Gasteiger partial charge in [0.25, 0.3) is 0 Å². The summed E-state index contributed by atoms with van der Waals surface area (Å²) in [7, 11) is 0. The van der Waals surface area contributed by atoms with Crippen LogP contribution in [0.25, 0.3) is 0 Å². The first-order valence-corrected chi connectivity index (χ1v) is 3.30. The molecule has 0 radical (unpaired) electrons. The van der Waals surface area contributed by atoms with Crippen LogP contribution in [0.2, 0.25) is 4.34 Å². The summed E-state index contributed by atoms with van der Waals surface area (Å²) in [5.74, 6) is 2.45. The lowest BCUT2D eigenvalue weighted by Crippen LogP contribution is -1.59. The van der Waals surface area contributed by atoms with E-state index in [0.29, 0.717) is 4.34 Å². The van der Waals surface area contributed by atoms with Crippen molar-refractivity contribution < 1.29 is 0 Å². The average Bonchev–Trinajstić information content (AvgIpc) is 2.14. The predicted octanol–water partition coefficient (Wildman–Crippen LogP) is 2.38. The fourth-order valence-electron chi connectivity index (χ4n) is 0.396. The zero-order valence-corrected chi connectivity index (χ0v) is 5.59. The Bertz CT molecular complexity index is 219. The van der Waals surface area contributed by atoms with Gasteiger partial charge in [-0.25, -0.2) is 0 Å². The third-order valence-electron chi connectivity index (χ3n) is 0.773. The van der Waals surface area contributed by atoms with Crippen LogP contribution in [0.1, 0.15) is 5.56 Å². The molecule has 1 aromatic heterocycles. The quantitative estimate of drug-likeness (QED) is 0.488. The Morgan fingerprint density at radius 2 is 2.50 bits per heavy atom. The Hall–Kier alpha value is -0.450. The number of hydrogen-bond acceptors (Lipinski definition) is 1. The van der Waals surface area contributed by atoms with Gasteiger partial charge in [-0.15, -0.1) is 17.8 Å². The van der Waals surface area contributed by atoms with Crippen LogP contribution in [-0.4, -0.2) is 0 Å². The molecule has 0 saturated heterocycles. The highest BCUT2D eigenvalue weighted by molar-refractivity contribution is 7.14. The van der Waals surface area contributed by atoms with Crippen LogP contribution in [0.4, 0.5) is 0 Å². The Morgan fingerprint density at radius 1 is 1.75 bits per heavy atom. The van der Waals surface area contributed by atoms with Gasteiger partial charge >= 0.3 is 0 Å². The molecule has 0 aliphatic heterocycles. The van der Waals surface area contributed by atoms with E-state index in [1.165, 1.54) is 11.3 Å². The molecular formula is C6H3ClS. The van der Waals surface area contributed by atoms with E-state index in [1.807, 2.05) is 11.4 Å². The zero-order chi connectivity index (χ0) is 5.98. The maximum absolute atomic E-state index is 5.62. The molecule has 0 fully saturated rings. The Morgan fingerprint density at radius 3 is 2.75 bits per heavy atom. The van der Waals surface area contributed by atoms with Gasteiger partial charge in [-0.1, -0.05) is 17.5 Å². The second-order valence-electron chi connectivity index (χ2n) is 1.25. The molecule has 0 N–H and O–H groups in total. The van der Waals surface area contributed by atoms with Crippen LogP contribution in [0.5, 0.6) is 0 Å². The summed E-state index contributed by atoms with van der Waals surface area (Å²) in [6.07, 6.45) is 5.07. The van der Waals surface area contributed by atoms with Crippen molar-refractivity contribution in [2.24, 2.45) is 0 Å². The molecule has 0 aliphatic carbocycles. The largest absolute Gasteiger partial charge is 0.131 e. The summed E-state index contributed by atoms with van der Waals surface area (Å²) in [4.78, 5) is 0. The second kappa shape index (κ2) is 2.21. The van der Waals surface area contributed by atoms with Gasteiger partial charge in [-0.2, -0.15) is 0 Å². The summed E-state index contributed by atoms with van der Waals surface area (Å²) >= 11 is 7.07. The number of rotatable bonds is 0. The summed E-state index contributed by atoms with van der Waals surface area (Å²) in [6.45, 7) is 0. The van der Waals surface area contributed by atoms with Crippen LogP contribution in [-0.2, 0) is 0 Å². The molecule has 0 aliphatic rings. The van der Waals surface area contributed by atoms with Gasteiger partial charge in [0, 0.05) is 0 Å². The number of thiophene rings is 1. The minimum atomic E-state index is 0.701. The van der Waals surface area contributed by atoms with E-state index in [1.54, 1.807) is 0 Å². The number of terminal acetylenes is 1. The maximum Gasteiger partial charge on any atom is 0.108 e. The molecule has 0 nitrogen and oxygen atoms in total. The van der Waals surface area contributed by atoms with E-state index < -0.39 is 0 Å². The summed E-state index contributed by atoms with van der Waals surface area (Å²) in [5, 5.41) is 1.87. The van der Waals surface area contributed by atoms with E-state index in [0.717, 1.165) is 5.56 Å². The lowest BCUT2D eigenvalue weighted by Gasteiger charge is -1.76. The van der Waals surface area contributed by atoms with Crippen molar-refractivity contribution in [1.82, 2.24) is 0 Å². The van der Waals surface area contributed by atoms with E-state index in [2.05, 4.69) is 5.92 Å². The van der Waals surface area contributed by atoms with Crippen LogP contribution in [0.15, 0.2) is 11.4 Å². The van der Waals surface area contributed by atoms with Crippen LogP contribution < -0.4 is 0 Å². The molecule has 0 spiro atoms. The Labute approximate surface area is 57.1 Å². The molecule has 40 valence electrons. The van der Waals surface area contributed by atoms with Gasteiger partial charge in [0.1, 0.15) is 4.34 Å². The summed E-state index contributed by atoms with van der Waals surface area (Å²) < 4.78 is 0.701. The fourth-order valence-corrected chi connectivity index (χ4v) is 1.25. The monoisotopic (exact) mass is 142 g/mol. The van der Waals surface area contributed by atoms with Gasteiger partial charge in [0.05, 0.1) is 5.56 Å². The third kappa shape index (κ3) is 0.861. The molecule has 0 saturated carbocycles. The lowest BCUT2D eigenvalue weighted by atomic mass is 10.4. The van der Waals surface area contributed by atoms with E-state index >= 15 is 0 Å². The molecule has 0 unspecified atom stereocenters. The molecule has 0 amide bonds. The van der Waals surface area contributed by atoms with Crippen molar-refractivity contribution in [2.45, 2.75) is 0 Å². The minimum absolute atomic E-state index is 0.701. The third-order valence-corrected chi connectivity index (χ3v) is 1.94. The Kier molecular flexibility index (Phi) is 1.57. The molecule has 0 aromatic carbocycles. The minimum Gasteiger partial charge on any atom is -0.131 e. The van der Waals surface area contributed by atoms with Crippen molar-refractivity contribution in [3.05, 3.63) is 21.3 Å². The first-order valence-electron chi connectivity index (χ1n) is 2.04. The lowest BCUT2D eigenvalue weighted by molar-refractivity contribution is 1.87. The smallest absolute Gasteiger partial charge is 0.108 e. The topological polar surface area (TPSA) is 0 Å². The fraction of sp³-hybridized carbons (Fsp3) is 0. The highest BCUT2D eigenvalue weighted by Gasteiger charge is 1.93. The maximum atomic E-state index is 5.62. The van der Waals surface area contributed by atoms with Crippen molar-refractivity contribution in [2.75, 3.05) is 0 Å². The zero-order valence-electron chi connectivity index (χ0n) is 4.02. The summed E-state index contributed by atoms with van der Waals surface area (Å²) in [5.41, 5.74) is 0.789. The van der Waals surface area contributed by atoms with Crippen LogP contribution >= 0.6 is 22.9 Å². The summed E-state index contributed by atoms with van der Waals surface area (Å²) in [6, 6.07) is 1.83. The van der Waals surface area contributed by atoms with Crippen molar-refractivity contribution in [3.63, 3.8) is 0 Å². The predicted molar refractivity (Wildman–Crippen MR) is 37.3 cm³/mol. The normalized spacial score (nSPS) is 8.50. The molecular weight excluding hydrogens is 140 g/mol. The van der Waals surface area contributed by atoms with Crippen LogP contribution in [0, 0.1) is 12.3 Å². The van der Waals surface area contributed by atoms with Crippen molar-refractivity contribution >= 4 is 22.9 Å². The molecule has 2 heteroatoms. The van der Waals surface area contributed by atoms with Gasteiger partial charge < -0.3 is 0 Å². The van der Waals surface area contributed by atoms with Crippen LogP contribution in [0.3, 0.4) is 0 Å². The van der Waals surface area contributed by atoms with E-state index in [4.69, 9.17) is 18.0 Å². The average molecular weight is 143 g/mol. The van der Waals surface area contributed by atoms with E-state index in [-0.39, 0.29) is 0 Å². The van der Waals surface area contributed by atoms with Crippen molar-refractivity contribution in [1.29, 1.82) is 0 Å². The van der Waals surface area contributed by atoms with Gasteiger partial charge in [0.15, 0.2) is 0 Å². The molecule has 1 rings (SSSR count). The molecule has 0 atom stereocenters. The molecule has 0 bridgehead atoms.